The molecule has 0 saturated carbocycles. The Hall–Kier alpha value is -0.0800. The lowest BCUT2D eigenvalue weighted by Gasteiger charge is -1.81. The van der Waals surface area contributed by atoms with Crippen LogP contribution in [-0.4, -0.2) is 23.8 Å². The molecule has 0 radical (unpaired) electrons. The van der Waals surface area contributed by atoms with Crippen molar-refractivity contribution in [1.82, 2.24) is 5.32 Å². The Morgan fingerprint density at radius 2 is 2.29 bits per heavy atom. The first kappa shape index (κ1) is 5.06. The van der Waals surface area contributed by atoms with Crippen molar-refractivity contribution in [1.29, 1.82) is 0 Å². The highest BCUT2D eigenvalue weighted by Gasteiger charge is 2.32. The summed E-state index contributed by atoms with van der Waals surface area (Å²) in [5, 5.41) is 11.6. The Balaban J connectivity index is 2.06. The van der Waals surface area contributed by atoms with Crippen LogP contribution in [0, 0.1) is 0 Å². The molecular weight excluding hydrogens is 90.1 g/mol. The van der Waals surface area contributed by atoms with Gasteiger partial charge in [-0.1, -0.05) is 6.92 Å². The molecule has 0 aliphatic carbocycles. The molecule has 0 aromatic rings. The van der Waals surface area contributed by atoms with Gasteiger partial charge in [0.15, 0.2) is 0 Å². The van der Waals surface area contributed by atoms with Crippen LogP contribution < -0.4 is 5.32 Å². The Bertz CT molecular complexity index is 57.1. The van der Waals surface area contributed by atoms with Crippen LogP contribution in [0.15, 0.2) is 0 Å². The maximum Gasteiger partial charge on any atom is 0.0599 e. The van der Waals surface area contributed by atoms with Crippen molar-refractivity contribution in [2.45, 2.75) is 25.4 Å². The number of rotatable bonds is 2. The molecule has 0 aromatic heterocycles. The van der Waals surface area contributed by atoms with Gasteiger partial charge in [0.05, 0.1) is 6.61 Å². The zero-order valence-corrected chi connectivity index (χ0v) is 4.52. The van der Waals surface area contributed by atoms with Crippen LogP contribution in [0.5, 0.6) is 0 Å². The predicted molar refractivity (Wildman–Crippen MR) is 28.1 cm³/mol. The van der Waals surface area contributed by atoms with Gasteiger partial charge in [0.2, 0.25) is 0 Å². The molecule has 1 heterocycles. The van der Waals surface area contributed by atoms with Crippen LogP contribution in [0.3, 0.4) is 0 Å². The molecule has 0 amide bonds. The van der Waals surface area contributed by atoms with E-state index in [1.54, 1.807) is 0 Å². The first-order valence-electron chi connectivity index (χ1n) is 2.75. The topological polar surface area (TPSA) is 42.2 Å². The monoisotopic (exact) mass is 101 g/mol. The zero-order chi connectivity index (χ0) is 5.28. The van der Waals surface area contributed by atoms with Crippen LogP contribution in [0.1, 0.15) is 13.3 Å². The first-order chi connectivity index (χ1) is 3.38. The van der Waals surface area contributed by atoms with Crippen LogP contribution in [-0.2, 0) is 0 Å². The zero-order valence-electron chi connectivity index (χ0n) is 4.52. The minimum atomic E-state index is 0.304. The van der Waals surface area contributed by atoms with E-state index in [1.807, 2.05) is 0 Å². The van der Waals surface area contributed by atoms with E-state index in [-0.39, 0.29) is 0 Å². The van der Waals surface area contributed by atoms with Gasteiger partial charge >= 0.3 is 0 Å². The Morgan fingerprint density at radius 1 is 1.57 bits per heavy atom. The summed E-state index contributed by atoms with van der Waals surface area (Å²) in [6, 6.07) is 1.04. The molecule has 1 fully saturated rings. The SMILES string of the molecule is CCC1NC1CO. The molecule has 2 N–H and O–H groups in total. The van der Waals surface area contributed by atoms with Crippen LogP contribution in [0.25, 0.3) is 0 Å². The number of aliphatic hydroxyl groups excluding tert-OH is 1. The van der Waals surface area contributed by atoms with Gasteiger partial charge in [-0.2, -0.15) is 0 Å². The van der Waals surface area contributed by atoms with Crippen molar-refractivity contribution >= 4 is 0 Å². The average molecular weight is 101 g/mol. The van der Waals surface area contributed by atoms with Gasteiger partial charge in [0, 0.05) is 12.1 Å². The van der Waals surface area contributed by atoms with Gasteiger partial charge in [0.1, 0.15) is 0 Å². The standard InChI is InChI=1S/C5H11NO/c1-2-4-5(3-7)6-4/h4-7H,2-3H2,1H3. The first-order valence-corrected chi connectivity index (χ1v) is 2.75. The van der Waals surface area contributed by atoms with Crippen molar-refractivity contribution in [2.24, 2.45) is 0 Å². The molecule has 0 bridgehead atoms. The van der Waals surface area contributed by atoms with E-state index in [2.05, 4.69) is 12.2 Å². The molecule has 1 rings (SSSR count). The third-order valence-electron chi connectivity index (χ3n) is 1.44. The highest BCUT2D eigenvalue weighted by atomic mass is 16.3. The fraction of sp³-hybridized carbons (Fsp3) is 1.00. The second kappa shape index (κ2) is 1.80. The van der Waals surface area contributed by atoms with E-state index in [4.69, 9.17) is 5.11 Å². The molecule has 2 heteroatoms. The molecule has 0 aromatic carbocycles. The van der Waals surface area contributed by atoms with E-state index < -0.39 is 0 Å². The highest BCUT2D eigenvalue weighted by molar-refractivity contribution is 4.95. The molecule has 1 aliphatic heterocycles. The fourth-order valence-electron chi connectivity index (χ4n) is 0.802. The van der Waals surface area contributed by atoms with Gasteiger partial charge in [-0.05, 0) is 6.42 Å². The van der Waals surface area contributed by atoms with Crippen molar-refractivity contribution in [3.63, 3.8) is 0 Å². The number of nitrogens with one attached hydrogen (secondary N) is 1. The van der Waals surface area contributed by atoms with E-state index in [1.165, 1.54) is 0 Å². The summed E-state index contributed by atoms with van der Waals surface area (Å²) in [7, 11) is 0. The van der Waals surface area contributed by atoms with E-state index in [0.717, 1.165) is 6.42 Å². The van der Waals surface area contributed by atoms with E-state index in [0.29, 0.717) is 18.7 Å². The lowest BCUT2D eigenvalue weighted by atomic mass is 10.3. The summed E-state index contributed by atoms with van der Waals surface area (Å²) in [6.07, 6.45) is 1.14. The molecule has 2 nitrogen and oxygen atoms in total. The summed E-state index contributed by atoms with van der Waals surface area (Å²) in [5.41, 5.74) is 0. The molecular formula is C5H11NO. The summed E-state index contributed by atoms with van der Waals surface area (Å²) in [6.45, 7) is 2.42. The largest absolute Gasteiger partial charge is 0.395 e. The molecule has 42 valence electrons. The van der Waals surface area contributed by atoms with E-state index >= 15 is 0 Å². The van der Waals surface area contributed by atoms with Crippen molar-refractivity contribution in [3.05, 3.63) is 0 Å². The van der Waals surface area contributed by atoms with Crippen LogP contribution in [0.4, 0.5) is 0 Å². The number of hydrogen-bond donors (Lipinski definition) is 2. The highest BCUT2D eigenvalue weighted by Crippen LogP contribution is 2.11. The smallest absolute Gasteiger partial charge is 0.0599 e. The predicted octanol–water partition coefficient (Wildman–Crippen LogP) is -0.271. The van der Waals surface area contributed by atoms with Gasteiger partial charge < -0.3 is 10.4 Å². The summed E-state index contributed by atoms with van der Waals surface area (Å²) < 4.78 is 0. The fourth-order valence-corrected chi connectivity index (χ4v) is 0.802. The van der Waals surface area contributed by atoms with Gasteiger partial charge in [-0.15, -0.1) is 0 Å². The summed E-state index contributed by atoms with van der Waals surface area (Å²) in [5.74, 6) is 0. The number of aliphatic hydroxyl groups is 1. The summed E-state index contributed by atoms with van der Waals surface area (Å²) >= 11 is 0. The van der Waals surface area contributed by atoms with Crippen molar-refractivity contribution in [3.8, 4) is 0 Å². The molecule has 1 saturated heterocycles. The Labute approximate surface area is 43.5 Å². The number of hydrogen-bond acceptors (Lipinski definition) is 2. The van der Waals surface area contributed by atoms with Gasteiger partial charge in [0.25, 0.3) is 0 Å². The maximum atomic E-state index is 8.45. The lowest BCUT2D eigenvalue weighted by molar-refractivity contribution is 0.294. The second-order valence-corrected chi connectivity index (χ2v) is 1.97. The molecule has 1 aliphatic rings. The normalized spacial score (nSPS) is 38.6. The van der Waals surface area contributed by atoms with Crippen molar-refractivity contribution < 1.29 is 5.11 Å². The second-order valence-electron chi connectivity index (χ2n) is 1.97. The molecule has 2 atom stereocenters. The molecule has 0 spiro atoms. The molecule has 2 unspecified atom stereocenters. The van der Waals surface area contributed by atoms with Crippen LogP contribution >= 0.6 is 0 Å². The average Bonchev–Trinajstić information content (AvgIpc) is 2.43. The third kappa shape index (κ3) is 0.924. The van der Waals surface area contributed by atoms with E-state index in [9.17, 15) is 0 Å². The summed E-state index contributed by atoms with van der Waals surface area (Å²) in [4.78, 5) is 0. The minimum absolute atomic E-state index is 0.304. The van der Waals surface area contributed by atoms with Gasteiger partial charge in [-0.3, -0.25) is 0 Å². The lowest BCUT2D eigenvalue weighted by Crippen LogP contribution is -1.97. The van der Waals surface area contributed by atoms with Crippen LogP contribution in [0.2, 0.25) is 0 Å². The van der Waals surface area contributed by atoms with Gasteiger partial charge in [-0.25, -0.2) is 0 Å². The van der Waals surface area contributed by atoms with Crippen molar-refractivity contribution in [2.75, 3.05) is 6.61 Å². The third-order valence-corrected chi connectivity index (χ3v) is 1.44. The Kier molecular flexibility index (Phi) is 1.30. The quantitative estimate of drug-likeness (QED) is 0.470. The minimum Gasteiger partial charge on any atom is -0.395 e. The maximum absolute atomic E-state index is 8.45. The Morgan fingerprint density at radius 3 is 2.43 bits per heavy atom. The molecule has 7 heavy (non-hydrogen) atoms.